The molecule has 0 N–H and O–H groups in total. The molecule has 0 fully saturated rings. The Kier molecular flexibility index (Phi) is 3.51. The molecule has 0 aliphatic carbocycles. The van der Waals surface area contributed by atoms with Crippen LogP contribution in [0.3, 0.4) is 0 Å². The molecule has 1 heteroatoms. The van der Waals surface area contributed by atoms with Gasteiger partial charge in [-0.25, -0.2) is 0 Å². The van der Waals surface area contributed by atoms with E-state index in [1.807, 2.05) is 6.92 Å². The van der Waals surface area contributed by atoms with Gasteiger partial charge in [0.15, 0.2) is 0 Å². The van der Waals surface area contributed by atoms with Crippen molar-refractivity contribution < 1.29 is 4.74 Å². The van der Waals surface area contributed by atoms with Gasteiger partial charge < -0.3 is 4.74 Å². The van der Waals surface area contributed by atoms with E-state index < -0.39 is 0 Å². The second-order valence-corrected chi connectivity index (χ2v) is 7.56. The van der Waals surface area contributed by atoms with E-state index in [0.717, 1.165) is 5.75 Å². The highest BCUT2D eigenvalue weighted by Crippen LogP contribution is 2.44. The predicted molar refractivity (Wildman–Crippen MR) is 124 cm³/mol. The maximum atomic E-state index is 5.65. The molecule has 0 spiro atoms. The van der Waals surface area contributed by atoms with Crippen LogP contribution < -0.4 is 4.74 Å². The molecule has 6 aromatic rings. The summed E-state index contributed by atoms with van der Waals surface area (Å²) in [5, 5.41) is 10.6. The number of rotatable bonds is 3. The van der Waals surface area contributed by atoms with E-state index >= 15 is 0 Å². The van der Waals surface area contributed by atoms with Gasteiger partial charge in [-0.15, -0.1) is 0 Å². The second kappa shape index (κ2) is 6.22. The molecule has 0 saturated heterocycles. The molecule has 6 rings (SSSR count). The van der Waals surface area contributed by atoms with Gasteiger partial charge in [-0.2, -0.15) is 0 Å². The lowest BCUT2D eigenvalue weighted by molar-refractivity contribution is 0.340. The van der Waals surface area contributed by atoms with Gasteiger partial charge in [0.25, 0.3) is 0 Å². The zero-order valence-corrected chi connectivity index (χ0v) is 16.3. The molecule has 0 radical (unpaired) electrons. The molecule has 138 valence electrons. The number of hydrogen-bond donors (Lipinski definition) is 0. The fourth-order valence-corrected chi connectivity index (χ4v) is 4.80. The molecule has 0 unspecified atom stereocenters. The molecule has 0 bridgehead atoms. The van der Waals surface area contributed by atoms with Crippen molar-refractivity contribution in [2.45, 2.75) is 6.92 Å². The van der Waals surface area contributed by atoms with E-state index in [1.165, 1.54) is 54.2 Å². The van der Waals surface area contributed by atoms with Crippen molar-refractivity contribution >= 4 is 43.1 Å². The van der Waals surface area contributed by atoms with Crippen LogP contribution in [0.5, 0.6) is 5.75 Å². The van der Waals surface area contributed by atoms with Crippen molar-refractivity contribution in [2.75, 3.05) is 6.61 Å². The molecule has 0 saturated carbocycles. The first-order valence-electron chi connectivity index (χ1n) is 10.2. The van der Waals surface area contributed by atoms with Crippen molar-refractivity contribution in [3.05, 3.63) is 91.0 Å². The molecular weight excluding hydrogens is 352 g/mol. The zero-order valence-electron chi connectivity index (χ0n) is 16.3. The van der Waals surface area contributed by atoms with Gasteiger partial charge >= 0.3 is 0 Å². The molecule has 0 heterocycles. The van der Waals surface area contributed by atoms with Crippen LogP contribution in [-0.4, -0.2) is 6.61 Å². The van der Waals surface area contributed by atoms with Gasteiger partial charge in [-0.05, 0) is 73.3 Å². The zero-order chi connectivity index (χ0) is 19.4. The Labute approximate surface area is 169 Å². The van der Waals surface area contributed by atoms with E-state index in [2.05, 4.69) is 91.0 Å². The van der Waals surface area contributed by atoms with Gasteiger partial charge in [-0.3, -0.25) is 0 Å². The third-order valence-corrected chi connectivity index (χ3v) is 5.99. The van der Waals surface area contributed by atoms with Crippen LogP contribution in [0.15, 0.2) is 91.0 Å². The Bertz CT molecular complexity index is 1490. The fraction of sp³-hybridized carbons (Fsp3) is 0.0714. The Hall–Kier alpha value is -3.58. The van der Waals surface area contributed by atoms with Crippen LogP contribution in [0.25, 0.3) is 54.2 Å². The summed E-state index contributed by atoms with van der Waals surface area (Å²) in [6, 6.07) is 33.0. The van der Waals surface area contributed by atoms with Crippen molar-refractivity contribution in [3.63, 3.8) is 0 Å². The molecular formula is C28H20O. The van der Waals surface area contributed by atoms with Gasteiger partial charge in [0.1, 0.15) is 5.75 Å². The first-order valence-corrected chi connectivity index (χ1v) is 10.2. The third-order valence-electron chi connectivity index (χ3n) is 5.99. The maximum absolute atomic E-state index is 5.65. The maximum Gasteiger partial charge on any atom is 0.119 e. The highest BCUT2D eigenvalue weighted by atomic mass is 16.5. The lowest BCUT2D eigenvalue weighted by Crippen LogP contribution is -1.92. The normalized spacial score (nSPS) is 11.8. The molecule has 0 aromatic heterocycles. The van der Waals surface area contributed by atoms with Crippen molar-refractivity contribution in [1.29, 1.82) is 0 Å². The van der Waals surface area contributed by atoms with Crippen LogP contribution in [-0.2, 0) is 0 Å². The largest absolute Gasteiger partial charge is 0.494 e. The monoisotopic (exact) mass is 372 g/mol. The minimum absolute atomic E-state index is 0.683. The topological polar surface area (TPSA) is 9.23 Å². The van der Waals surface area contributed by atoms with Gasteiger partial charge in [0, 0.05) is 0 Å². The number of hydrogen-bond acceptors (Lipinski definition) is 1. The first kappa shape index (κ1) is 16.4. The fourth-order valence-electron chi connectivity index (χ4n) is 4.80. The average molecular weight is 372 g/mol. The molecule has 0 amide bonds. The van der Waals surface area contributed by atoms with Crippen molar-refractivity contribution in [2.24, 2.45) is 0 Å². The summed E-state index contributed by atoms with van der Waals surface area (Å²) in [7, 11) is 0. The Morgan fingerprint density at radius 3 is 1.86 bits per heavy atom. The van der Waals surface area contributed by atoms with E-state index in [0.29, 0.717) is 6.61 Å². The summed E-state index contributed by atoms with van der Waals surface area (Å²) in [6.45, 7) is 2.70. The molecule has 29 heavy (non-hydrogen) atoms. The molecule has 6 aromatic carbocycles. The minimum atomic E-state index is 0.683. The molecule has 0 aliphatic rings. The van der Waals surface area contributed by atoms with Crippen molar-refractivity contribution in [3.8, 4) is 16.9 Å². The predicted octanol–water partition coefficient (Wildman–Crippen LogP) is 7.80. The molecule has 1 nitrogen and oxygen atoms in total. The van der Waals surface area contributed by atoms with E-state index in [-0.39, 0.29) is 0 Å². The quantitative estimate of drug-likeness (QED) is 0.227. The molecule has 0 aliphatic heterocycles. The van der Waals surface area contributed by atoms with Gasteiger partial charge in [0.05, 0.1) is 6.61 Å². The third kappa shape index (κ3) is 2.34. The smallest absolute Gasteiger partial charge is 0.119 e. The van der Waals surface area contributed by atoms with E-state index in [9.17, 15) is 0 Å². The van der Waals surface area contributed by atoms with Gasteiger partial charge in [-0.1, -0.05) is 78.9 Å². The number of fused-ring (bicyclic) bond motifs is 2. The lowest BCUT2D eigenvalue weighted by atomic mass is 9.86. The Morgan fingerprint density at radius 1 is 0.552 bits per heavy atom. The van der Waals surface area contributed by atoms with Gasteiger partial charge in [0.2, 0.25) is 0 Å². The number of benzene rings is 6. The highest BCUT2D eigenvalue weighted by Gasteiger charge is 2.16. The Morgan fingerprint density at radius 2 is 1.17 bits per heavy atom. The second-order valence-electron chi connectivity index (χ2n) is 7.56. The SMILES string of the molecule is CCOc1ccc(-c2ccc3cccc4c5cccc6cccc(c2c34)c65)cc1. The summed E-state index contributed by atoms with van der Waals surface area (Å²) in [4.78, 5) is 0. The minimum Gasteiger partial charge on any atom is -0.494 e. The van der Waals surface area contributed by atoms with Crippen LogP contribution in [0.1, 0.15) is 6.92 Å². The summed E-state index contributed by atoms with van der Waals surface area (Å²) >= 11 is 0. The van der Waals surface area contributed by atoms with Crippen molar-refractivity contribution in [1.82, 2.24) is 0 Å². The summed E-state index contributed by atoms with van der Waals surface area (Å²) in [5.74, 6) is 0.916. The highest BCUT2D eigenvalue weighted by molar-refractivity contribution is 6.35. The van der Waals surface area contributed by atoms with Crippen LogP contribution >= 0.6 is 0 Å². The summed E-state index contributed by atoms with van der Waals surface area (Å²) in [5.41, 5.74) is 2.49. The van der Waals surface area contributed by atoms with Crippen LogP contribution in [0, 0.1) is 0 Å². The first-order chi connectivity index (χ1) is 14.3. The lowest BCUT2D eigenvalue weighted by Gasteiger charge is -2.17. The average Bonchev–Trinajstić information content (AvgIpc) is 2.78. The van der Waals surface area contributed by atoms with Crippen LogP contribution in [0.4, 0.5) is 0 Å². The number of ether oxygens (including phenoxy) is 1. The standard InChI is InChI=1S/C28H20O/c1-2-29-21-15-12-18(13-16-21)22-17-14-20-8-4-10-24-23-9-3-6-19-7-5-11-25(26(19)23)28(22)27(20)24/h3-17H,2H2,1H3. The van der Waals surface area contributed by atoms with E-state index in [1.54, 1.807) is 0 Å². The summed E-state index contributed by atoms with van der Waals surface area (Å²) < 4.78 is 5.65. The van der Waals surface area contributed by atoms with E-state index in [4.69, 9.17) is 4.74 Å². The van der Waals surface area contributed by atoms with Crippen LogP contribution in [0.2, 0.25) is 0 Å². The molecule has 0 atom stereocenters. The Balaban J connectivity index is 1.80. The summed E-state index contributed by atoms with van der Waals surface area (Å²) in [6.07, 6.45) is 0.